The van der Waals surface area contributed by atoms with Gasteiger partial charge >= 0.3 is 0 Å². The van der Waals surface area contributed by atoms with Gasteiger partial charge in [0.15, 0.2) is 5.82 Å². The van der Waals surface area contributed by atoms with E-state index in [0.29, 0.717) is 18.3 Å². The molecule has 0 bridgehead atoms. The van der Waals surface area contributed by atoms with Crippen molar-refractivity contribution in [2.24, 2.45) is 0 Å². The number of rotatable bonds is 7. The van der Waals surface area contributed by atoms with E-state index in [-0.39, 0.29) is 18.2 Å². The molecule has 1 atom stereocenters. The molecular formula is C20H23N5O3. The predicted octanol–water partition coefficient (Wildman–Crippen LogP) is 2.21. The Bertz CT molecular complexity index is 963. The van der Waals surface area contributed by atoms with Crippen LogP contribution in [0.5, 0.6) is 0 Å². The molecule has 0 saturated carbocycles. The standard InChI is InChI=1S/C20H23N5O3/c1-24(10-9-15-6-3-2-4-7-15)16-12-19(26)25(21-13-16)14-18-22-20(28-23-18)17-8-5-11-27-17/h2-4,6-7,12-13,17H,5,8-11,14H2,1H3/t17-/m1/s1. The van der Waals surface area contributed by atoms with Crippen molar-refractivity contribution in [1.82, 2.24) is 19.9 Å². The van der Waals surface area contributed by atoms with E-state index in [9.17, 15) is 4.79 Å². The van der Waals surface area contributed by atoms with E-state index < -0.39 is 0 Å². The Kier molecular flexibility index (Phi) is 5.48. The molecule has 28 heavy (non-hydrogen) atoms. The van der Waals surface area contributed by atoms with E-state index in [0.717, 1.165) is 31.5 Å². The van der Waals surface area contributed by atoms with Crippen LogP contribution in [0.2, 0.25) is 0 Å². The maximum absolute atomic E-state index is 12.4. The van der Waals surface area contributed by atoms with Crippen LogP contribution in [0.3, 0.4) is 0 Å². The van der Waals surface area contributed by atoms with Gasteiger partial charge < -0.3 is 14.2 Å². The zero-order valence-electron chi connectivity index (χ0n) is 15.8. The molecule has 1 aliphatic rings. The Balaban J connectivity index is 1.39. The Labute approximate surface area is 162 Å². The van der Waals surface area contributed by atoms with Gasteiger partial charge in [-0.15, -0.1) is 0 Å². The molecule has 3 heterocycles. The highest BCUT2D eigenvalue weighted by Crippen LogP contribution is 2.26. The number of hydrogen-bond acceptors (Lipinski definition) is 7. The van der Waals surface area contributed by atoms with E-state index in [4.69, 9.17) is 9.26 Å². The maximum atomic E-state index is 12.4. The van der Waals surface area contributed by atoms with Gasteiger partial charge in [0.1, 0.15) is 12.6 Å². The van der Waals surface area contributed by atoms with Crippen LogP contribution in [0, 0.1) is 0 Å². The van der Waals surface area contributed by atoms with E-state index in [2.05, 4.69) is 27.4 Å². The van der Waals surface area contributed by atoms with E-state index in [1.165, 1.54) is 10.2 Å². The average Bonchev–Trinajstić information content (AvgIpc) is 3.40. The molecule has 1 aromatic carbocycles. The third-order valence-electron chi connectivity index (χ3n) is 4.85. The third-order valence-corrected chi connectivity index (χ3v) is 4.85. The molecule has 1 saturated heterocycles. The highest BCUT2D eigenvalue weighted by molar-refractivity contribution is 5.42. The first-order valence-corrected chi connectivity index (χ1v) is 9.45. The second kappa shape index (κ2) is 8.35. The lowest BCUT2D eigenvalue weighted by atomic mass is 10.1. The van der Waals surface area contributed by atoms with Crippen molar-refractivity contribution in [3.63, 3.8) is 0 Å². The molecule has 0 spiro atoms. The summed E-state index contributed by atoms with van der Waals surface area (Å²) in [6.45, 7) is 1.68. The van der Waals surface area contributed by atoms with Crippen LogP contribution in [0.4, 0.5) is 5.69 Å². The summed E-state index contributed by atoms with van der Waals surface area (Å²) < 4.78 is 12.1. The van der Waals surface area contributed by atoms with Gasteiger partial charge in [-0.1, -0.05) is 35.5 Å². The van der Waals surface area contributed by atoms with Crippen LogP contribution >= 0.6 is 0 Å². The molecule has 1 aliphatic heterocycles. The van der Waals surface area contributed by atoms with Crippen molar-refractivity contribution < 1.29 is 9.26 Å². The monoisotopic (exact) mass is 381 g/mol. The van der Waals surface area contributed by atoms with Gasteiger partial charge in [0.25, 0.3) is 11.4 Å². The van der Waals surface area contributed by atoms with Gasteiger partial charge in [0.2, 0.25) is 0 Å². The van der Waals surface area contributed by atoms with Gasteiger partial charge in [-0.25, -0.2) is 4.68 Å². The number of likely N-dealkylation sites (N-methyl/N-ethyl adjacent to an activating group) is 1. The minimum atomic E-state index is -0.201. The maximum Gasteiger partial charge on any atom is 0.269 e. The summed E-state index contributed by atoms with van der Waals surface area (Å²) in [5.74, 6) is 0.892. The summed E-state index contributed by atoms with van der Waals surface area (Å²) in [5, 5.41) is 8.21. The number of ether oxygens (including phenoxy) is 1. The Morgan fingerprint density at radius 2 is 2.14 bits per heavy atom. The fourth-order valence-corrected chi connectivity index (χ4v) is 3.19. The number of hydrogen-bond donors (Lipinski definition) is 0. The summed E-state index contributed by atoms with van der Waals surface area (Å²) in [6.07, 6.45) is 4.32. The largest absolute Gasteiger partial charge is 0.373 e. The SMILES string of the molecule is CN(CCc1ccccc1)c1cnn(Cc2noc([C@H]3CCCO3)n2)c(=O)c1. The van der Waals surface area contributed by atoms with Crippen LogP contribution in [-0.4, -0.2) is 40.1 Å². The van der Waals surface area contributed by atoms with Crippen molar-refractivity contribution in [2.45, 2.75) is 31.9 Å². The Morgan fingerprint density at radius 1 is 1.29 bits per heavy atom. The molecule has 0 unspecified atom stereocenters. The minimum absolute atomic E-state index is 0.133. The molecule has 8 heteroatoms. The molecule has 146 valence electrons. The fourth-order valence-electron chi connectivity index (χ4n) is 3.19. The summed E-state index contributed by atoms with van der Waals surface area (Å²) in [6, 6.07) is 11.8. The summed E-state index contributed by atoms with van der Waals surface area (Å²) in [7, 11) is 1.96. The fraction of sp³-hybridized carbons (Fsp3) is 0.400. The molecule has 0 N–H and O–H groups in total. The minimum Gasteiger partial charge on any atom is -0.373 e. The van der Waals surface area contributed by atoms with E-state index in [1.807, 2.05) is 30.1 Å². The molecular weight excluding hydrogens is 358 g/mol. The molecule has 4 rings (SSSR count). The third kappa shape index (κ3) is 4.28. The number of nitrogens with zero attached hydrogens (tertiary/aromatic N) is 5. The molecule has 0 radical (unpaired) electrons. The first kappa shape index (κ1) is 18.4. The van der Waals surface area contributed by atoms with Crippen molar-refractivity contribution in [2.75, 3.05) is 25.1 Å². The van der Waals surface area contributed by atoms with Crippen molar-refractivity contribution in [3.05, 3.63) is 70.2 Å². The van der Waals surface area contributed by atoms with Gasteiger partial charge in [-0.2, -0.15) is 10.1 Å². The number of benzene rings is 1. The lowest BCUT2D eigenvalue weighted by molar-refractivity contribution is 0.0835. The number of anilines is 1. The van der Waals surface area contributed by atoms with Gasteiger partial charge in [-0.3, -0.25) is 4.79 Å². The second-order valence-corrected chi connectivity index (χ2v) is 6.92. The molecule has 8 nitrogen and oxygen atoms in total. The zero-order chi connectivity index (χ0) is 19.3. The van der Waals surface area contributed by atoms with Crippen molar-refractivity contribution >= 4 is 5.69 Å². The first-order chi connectivity index (χ1) is 13.7. The van der Waals surface area contributed by atoms with E-state index >= 15 is 0 Å². The van der Waals surface area contributed by atoms with Gasteiger partial charge in [0.05, 0.1) is 11.9 Å². The normalized spacial score (nSPS) is 16.4. The van der Waals surface area contributed by atoms with Crippen LogP contribution in [0.25, 0.3) is 0 Å². The summed E-state index contributed by atoms with van der Waals surface area (Å²) in [5.41, 5.74) is 1.84. The quantitative estimate of drug-likeness (QED) is 0.620. The first-order valence-electron chi connectivity index (χ1n) is 9.45. The summed E-state index contributed by atoms with van der Waals surface area (Å²) in [4.78, 5) is 18.8. The van der Waals surface area contributed by atoms with Crippen molar-refractivity contribution in [3.8, 4) is 0 Å². The van der Waals surface area contributed by atoms with Crippen LogP contribution in [-0.2, 0) is 17.7 Å². The Morgan fingerprint density at radius 3 is 2.89 bits per heavy atom. The zero-order valence-corrected chi connectivity index (χ0v) is 15.8. The van der Waals surface area contributed by atoms with Crippen LogP contribution in [0.1, 0.15) is 36.2 Å². The Hall–Kier alpha value is -3.00. The molecule has 0 aliphatic carbocycles. The van der Waals surface area contributed by atoms with E-state index in [1.54, 1.807) is 12.3 Å². The second-order valence-electron chi connectivity index (χ2n) is 6.92. The topological polar surface area (TPSA) is 86.3 Å². The predicted molar refractivity (Wildman–Crippen MR) is 103 cm³/mol. The molecule has 3 aromatic rings. The van der Waals surface area contributed by atoms with Crippen LogP contribution < -0.4 is 10.5 Å². The smallest absolute Gasteiger partial charge is 0.269 e. The average molecular weight is 381 g/mol. The lowest BCUT2D eigenvalue weighted by Gasteiger charge is -2.19. The van der Waals surface area contributed by atoms with Gasteiger partial charge in [0, 0.05) is 26.3 Å². The highest BCUT2D eigenvalue weighted by atomic mass is 16.5. The van der Waals surface area contributed by atoms with Crippen molar-refractivity contribution in [1.29, 1.82) is 0 Å². The molecule has 2 aromatic heterocycles. The highest BCUT2D eigenvalue weighted by Gasteiger charge is 2.24. The lowest BCUT2D eigenvalue weighted by Crippen LogP contribution is -2.27. The van der Waals surface area contributed by atoms with Gasteiger partial charge in [-0.05, 0) is 24.8 Å². The molecule has 0 amide bonds. The molecule has 1 fully saturated rings. The van der Waals surface area contributed by atoms with Crippen LogP contribution in [0.15, 0.2) is 51.9 Å². The summed E-state index contributed by atoms with van der Waals surface area (Å²) >= 11 is 0. The number of aromatic nitrogens is 4.